The highest BCUT2D eigenvalue weighted by molar-refractivity contribution is 5.89. The van der Waals surface area contributed by atoms with Crippen LogP contribution >= 0.6 is 0 Å². The summed E-state index contributed by atoms with van der Waals surface area (Å²) in [4.78, 5) is 28.8. The number of para-hydroxylation sites is 1. The molecule has 3 aromatic rings. The van der Waals surface area contributed by atoms with Gasteiger partial charge in [-0.2, -0.15) is 0 Å². The largest absolute Gasteiger partial charge is 0.350 e. The van der Waals surface area contributed by atoms with E-state index in [1.54, 1.807) is 23.1 Å². The second-order valence-corrected chi connectivity index (χ2v) is 7.49. The van der Waals surface area contributed by atoms with Gasteiger partial charge in [0.25, 0.3) is 0 Å². The molecule has 2 amide bonds. The Balaban J connectivity index is 1.35. The molecular formula is C23H24FN3O2. The lowest BCUT2D eigenvalue weighted by Gasteiger charge is -2.35. The summed E-state index contributed by atoms with van der Waals surface area (Å²) in [7, 11) is 1.98. The normalized spacial score (nSPS) is 14.4. The SMILES string of the molecule is Cn1cc(CC(=O)N2CCN(C(=O)Cc3ccccc3F)CC2)c2ccccc21. The molecule has 1 aliphatic heterocycles. The van der Waals surface area contributed by atoms with Crippen LogP contribution < -0.4 is 0 Å². The Morgan fingerprint density at radius 1 is 0.828 bits per heavy atom. The number of carbonyl (C=O) groups is 2. The minimum atomic E-state index is -0.357. The zero-order valence-corrected chi connectivity index (χ0v) is 16.5. The number of nitrogens with zero attached hydrogens (tertiary/aromatic N) is 3. The standard InChI is InChI=1S/C23H24FN3O2/c1-25-16-18(19-7-3-5-9-21(19)25)15-23(29)27-12-10-26(11-13-27)22(28)14-17-6-2-4-8-20(17)24/h2-9,16H,10-15H2,1H3. The number of halogens is 1. The number of amides is 2. The Morgan fingerprint density at radius 3 is 2.03 bits per heavy atom. The maximum absolute atomic E-state index is 13.8. The number of hydrogen-bond acceptors (Lipinski definition) is 2. The van der Waals surface area contributed by atoms with Gasteiger partial charge in [-0.15, -0.1) is 0 Å². The van der Waals surface area contributed by atoms with Crippen LogP contribution in [0.1, 0.15) is 11.1 Å². The highest BCUT2D eigenvalue weighted by Crippen LogP contribution is 2.21. The second kappa shape index (κ2) is 8.07. The Morgan fingerprint density at radius 2 is 1.38 bits per heavy atom. The highest BCUT2D eigenvalue weighted by Gasteiger charge is 2.25. The van der Waals surface area contributed by atoms with Crippen molar-refractivity contribution in [2.75, 3.05) is 26.2 Å². The Hall–Kier alpha value is -3.15. The molecule has 0 atom stereocenters. The van der Waals surface area contributed by atoms with E-state index in [9.17, 15) is 14.0 Å². The molecule has 6 heteroatoms. The van der Waals surface area contributed by atoms with E-state index in [0.717, 1.165) is 16.5 Å². The molecule has 1 fully saturated rings. The predicted molar refractivity (Wildman–Crippen MR) is 110 cm³/mol. The van der Waals surface area contributed by atoms with Crippen molar-refractivity contribution in [3.05, 3.63) is 71.7 Å². The van der Waals surface area contributed by atoms with E-state index in [4.69, 9.17) is 0 Å². The van der Waals surface area contributed by atoms with Crippen molar-refractivity contribution >= 4 is 22.7 Å². The summed E-state index contributed by atoms with van der Waals surface area (Å²) in [5, 5.41) is 1.10. The third-order valence-electron chi connectivity index (χ3n) is 5.61. The topological polar surface area (TPSA) is 45.6 Å². The molecule has 29 heavy (non-hydrogen) atoms. The summed E-state index contributed by atoms with van der Waals surface area (Å²) in [5.41, 5.74) is 2.54. The summed E-state index contributed by atoms with van der Waals surface area (Å²) in [6, 6.07) is 14.4. The molecule has 0 spiro atoms. The number of fused-ring (bicyclic) bond motifs is 1. The fraction of sp³-hybridized carbons (Fsp3) is 0.304. The van der Waals surface area contributed by atoms with Crippen molar-refractivity contribution in [2.45, 2.75) is 12.8 Å². The first-order valence-corrected chi connectivity index (χ1v) is 9.85. The Bertz CT molecular complexity index is 1050. The van der Waals surface area contributed by atoms with Gasteiger partial charge in [0.2, 0.25) is 11.8 Å². The maximum atomic E-state index is 13.8. The van der Waals surface area contributed by atoms with Gasteiger partial charge in [-0.3, -0.25) is 9.59 Å². The van der Waals surface area contributed by atoms with Crippen LogP contribution in [0.2, 0.25) is 0 Å². The van der Waals surface area contributed by atoms with Crippen LogP contribution in [0.4, 0.5) is 4.39 Å². The van der Waals surface area contributed by atoms with E-state index in [1.165, 1.54) is 6.07 Å². The van der Waals surface area contributed by atoms with Gasteiger partial charge in [0, 0.05) is 50.3 Å². The maximum Gasteiger partial charge on any atom is 0.227 e. The number of piperazine rings is 1. The molecule has 1 aromatic heterocycles. The third kappa shape index (κ3) is 4.01. The van der Waals surface area contributed by atoms with Gasteiger partial charge in [-0.1, -0.05) is 36.4 Å². The molecule has 0 radical (unpaired) electrons. The molecule has 0 saturated carbocycles. The van der Waals surface area contributed by atoms with Crippen molar-refractivity contribution in [3.8, 4) is 0 Å². The van der Waals surface area contributed by atoms with E-state index in [-0.39, 0.29) is 24.1 Å². The molecule has 4 rings (SSSR count). The van der Waals surface area contributed by atoms with Crippen LogP contribution in [0.3, 0.4) is 0 Å². The van der Waals surface area contributed by atoms with E-state index < -0.39 is 0 Å². The highest BCUT2D eigenvalue weighted by atomic mass is 19.1. The third-order valence-corrected chi connectivity index (χ3v) is 5.61. The second-order valence-electron chi connectivity index (χ2n) is 7.49. The van der Waals surface area contributed by atoms with Crippen LogP contribution in [0, 0.1) is 5.82 Å². The van der Waals surface area contributed by atoms with E-state index in [1.807, 2.05) is 47.0 Å². The van der Waals surface area contributed by atoms with Crippen molar-refractivity contribution in [3.63, 3.8) is 0 Å². The number of rotatable bonds is 4. The minimum absolute atomic E-state index is 0.0522. The van der Waals surface area contributed by atoms with Crippen LogP contribution in [-0.2, 0) is 29.5 Å². The molecule has 0 aliphatic carbocycles. The smallest absolute Gasteiger partial charge is 0.227 e. The van der Waals surface area contributed by atoms with Crippen LogP contribution in [0.5, 0.6) is 0 Å². The lowest BCUT2D eigenvalue weighted by atomic mass is 10.1. The first-order valence-electron chi connectivity index (χ1n) is 9.85. The molecular weight excluding hydrogens is 369 g/mol. The van der Waals surface area contributed by atoms with Gasteiger partial charge in [0.05, 0.1) is 12.8 Å². The summed E-state index contributed by atoms with van der Waals surface area (Å²) in [5.74, 6) is -0.386. The monoisotopic (exact) mass is 393 g/mol. The van der Waals surface area contributed by atoms with Gasteiger partial charge in [0.1, 0.15) is 5.82 Å². The molecule has 1 aliphatic rings. The van der Waals surface area contributed by atoms with Crippen molar-refractivity contribution in [1.29, 1.82) is 0 Å². The molecule has 1 saturated heterocycles. The Labute approximate surface area is 169 Å². The zero-order chi connectivity index (χ0) is 20.4. The molecule has 0 unspecified atom stereocenters. The summed E-state index contributed by atoms with van der Waals surface area (Å²) in [6.07, 6.45) is 2.41. The predicted octanol–water partition coefficient (Wildman–Crippen LogP) is 2.77. The fourth-order valence-electron chi connectivity index (χ4n) is 3.96. The number of hydrogen-bond donors (Lipinski definition) is 0. The van der Waals surface area contributed by atoms with Crippen LogP contribution in [0.25, 0.3) is 10.9 Å². The average molecular weight is 393 g/mol. The zero-order valence-electron chi connectivity index (χ0n) is 16.5. The fourth-order valence-corrected chi connectivity index (χ4v) is 3.96. The molecule has 2 aromatic carbocycles. The van der Waals surface area contributed by atoms with Crippen molar-refractivity contribution in [1.82, 2.24) is 14.4 Å². The Kier molecular flexibility index (Phi) is 5.34. The number of benzene rings is 2. The number of aryl methyl sites for hydroxylation is 1. The molecule has 0 N–H and O–H groups in total. The molecule has 5 nitrogen and oxygen atoms in total. The van der Waals surface area contributed by atoms with E-state index in [2.05, 4.69) is 0 Å². The summed E-state index contributed by atoms with van der Waals surface area (Å²) >= 11 is 0. The first-order chi connectivity index (χ1) is 14.0. The van der Waals surface area contributed by atoms with Gasteiger partial charge >= 0.3 is 0 Å². The van der Waals surface area contributed by atoms with Crippen molar-refractivity contribution in [2.24, 2.45) is 7.05 Å². The molecule has 150 valence electrons. The first kappa shape index (κ1) is 19.2. The quantitative estimate of drug-likeness (QED) is 0.684. The van der Waals surface area contributed by atoms with Crippen molar-refractivity contribution < 1.29 is 14.0 Å². The van der Waals surface area contributed by atoms with E-state index in [0.29, 0.717) is 38.2 Å². The summed E-state index contributed by atoms with van der Waals surface area (Å²) in [6.45, 7) is 1.97. The molecule has 0 bridgehead atoms. The molecule has 2 heterocycles. The van der Waals surface area contributed by atoms with Gasteiger partial charge < -0.3 is 14.4 Å². The summed E-state index contributed by atoms with van der Waals surface area (Å²) < 4.78 is 15.8. The van der Waals surface area contributed by atoms with Gasteiger partial charge in [-0.05, 0) is 23.3 Å². The van der Waals surface area contributed by atoms with E-state index >= 15 is 0 Å². The van der Waals surface area contributed by atoms with Crippen LogP contribution in [0.15, 0.2) is 54.7 Å². The van der Waals surface area contributed by atoms with Gasteiger partial charge in [0.15, 0.2) is 0 Å². The average Bonchev–Trinajstić information content (AvgIpc) is 3.05. The minimum Gasteiger partial charge on any atom is -0.350 e. The van der Waals surface area contributed by atoms with Crippen LogP contribution in [-0.4, -0.2) is 52.4 Å². The number of carbonyl (C=O) groups excluding carboxylic acids is 2. The lowest BCUT2D eigenvalue weighted by Crippen LogP contribution is -2.51. The number of aromatic nitrogens is 1. The van der Waals surface area contributed by atoms with Gasteiger partial charge in [-0.25, -0.2) is 4.39 Å². The lowest BCUT2D eigenvalue weighted by molar-refractivity contribution is -0.138.